The van der Waals surface area contributed by atoms with Crippen LogP contribution in [0.1, 0.15) is 41.3 Å². The molecule has 8 nitrogen and oxygen atoms in total. The highest BCUT2D eigenvalue weighted by Gasteiger charge is 2.46. The van der Waals surface area contributed by atoms with Crippen molar-refractivity contribution >= 4 is 11.8 Å². The first-order valence-electron chi connectivity index (χ1n) is 10.6. The first kappa shape index (κ1) is 24.2. The van der Waals surface area contributed by atoms with E-state index in [4.69, 9.17) is 28.4 Å². The summed E-state index contributed by atoms with van der Waals surface area (Å²) < 4.78 is 32.8. The standard InChI is InChI=1S/C25H30O8/c1-8-33-25(27)21-13(2)23(26)16-12-18(29-4)17(28-3)11-15(16)22(21)14-9-19(30-5)24(32-7)20(10-14)31-6/h9-13,21-22H,8H2,1-7H3. The van der Waals surface area contributed by atoms with Gasteiger partial charge in [-0.3, -0.25) is 9.59 Å². The number of hydrogen-bond donors (Lipinski definition) is 0. The summed E-state index contributed by atoms with van der Waals surface area (Å²) in [5.74, 6) is -0.297. The van der Waals surface area contributed by atoms with Gasteiger partial charge in [0.1, 0.15) is 0 Å². The molecule has 2 aromatic carbocycles. The number of ether oxygens (including phenoxy) is 6. The highest BCUT2D eigenvalue weighted by molar-refractivity contribution is 6.04. The van der Waals surface area contributed by atoms with Crippen LogP contribution in [-0.2, 0) is 9.53 Å². The van der Waals surface area contributed by atoms with Crippen molar-refractivity contribution in [2.45, 2.75) is 19.8 Å². The molecule has 178 valence electrons. The molecule has 3 unspecified atom stereocenters. The highest BCUT2D eigenvalue weighted by Crippen LogP contribution is 2.50. The molecule has 1 aliphatic rings. The third-order valence-electron chi connectivity index (χ3n) is 6.07. The molecule has 0 saturated carbocycles. The Morgan fingerprint density at radius 1 is 0.818 bits per heavy atom. The van der Waals surface area contributed by atoms with Crippen molar-refractivity contribution in [3.63, 3.8) is 0 Å². The summed E-state index contributed by atoms with van der Waals surface area (Å²) in [6.45, 7) is 3.69. The molecular weight excluding hydrogens is 428 g/mol. The van der Waals surface area contributed by atoms with E-state index >= 15 is 0 Å². The zero-order chi connectivity index (χ0) is 24.3. The molecule has 1 aliphatic carbocycles. The Labute approximate surface area is 193 Å². The Bertz CT molecular complexity index is 1020. The van der Waals surface area contributed by atoms with Crippen LogP contribution in [0.3, 0.4) is 0 Å². The zero-order valence-corrected chi connectivity index (χ0v) is 20.0. The summed E-state index contributed by atoms with van der Waals surface area (Å²) in [6, 6.07) is 7.00. The van der Waals surface area contributed by atoms with Gasteiger partial charge in [0.15, 0.2) is 28.8 Å². The molecular formula is C25H30O8. The number of ketones is 1. The molecule has 0 amide bonds. The van der Waals surface area contributed by atoms with E-state index in [1.807, 2.05) is 0 Å². The van der Waals surface area contributed by atoms with Gasteiger partial charge in [-0.1, -0.05) is 6.92 Å². The molecule has 8 heteroatoms. The molecule has 0 N–H and O–H groups in total. The lowest BCUT2D eigenvalue weighted by atomic mass is 9.66. The second-order valence-corrected chi connectivity index (χ2v) is 7.66. The Balaban J connectivity index is 2.35. The number of rotatable bonds is 8. The molecule has 0 aliphatic heterocycles. The first-order valence-corrected chi connectivity index (χ1v) is 10.6. The van der Waals surface area contributed by atoms with Crippen molar-refractivity contribution in [3.05, 3.63) is 41.0 Å². The van der Waals surface area contributed by atoms with E-state index in [0.29, 0.717) is 39.9 Å². The number of methoxy groups -OCH3 is 5. The first-order chi connectivity index (χ1) is 15.9. The zero-order valence-electron chi connectivity index (χ0n) is 20.0. The number of esters is 1. The van der Waals surface area contributed by atoms with Crippen LogP contribution in [0.5, 0.6) is 28.7 Å². The van der Waals surface area contributed by atoms with E-state index in [-0.39, 0.29) is 12.4 Å². The SMILES string of the molecule is CCOC(=O)C1C(C)C(=O)c2cc(OC)c(OC)cc2C1c1cc(OC)c(OC)c(OC)c1. The fourth-order valence-corrected chi connectivity index (χ4v) is 4.50. The van der Waals surface area contributed by atoms with Crippen molar-refractivity contribution in [2.24, 2.45) is 11.8 Å². The normalized spacial score (nSPS) is 19.4. The van der Waals surface area contributed by atoms with E-state index in [1.54, 1.807) is 38.1 Å². The molecule has 0 spiro atoms. The van der Waals surface area contributed by atoms with Gasteiger partial charge in [0, 0.05) is 17.4 Å². The average molecular weight is 459 g/mol. The largest absolute Gasteiger partial charge is 0.493 e. The van der Waals surface area contributed by atoms with Crippen molar-refractivity contribution in [2.75, 3.05) is 42.2 Å². The maximum atomic E-state index is 13.4. The highest BCUT2D eigenvalue weighted by atomic mass is 16.5. The minimum absolute atomic E-state index is 0.160. The van der Waals surface area contributed by atoms with E-state index < -0.39 is 23.7 Å². The molecule has 0 fully saturated rings. The number of benzene rings is 2. The summed E-state index contributed by atoms with van der Waals surface area (Å²) >= 11 is 0. The van der Waals surface area contributed by atoms with Crippen LogP contribution < -0.4 is 23.7 Å². The Hall–Kier alpha value is -3.42. The fourth-order valence-electron chi connectivity index (χ4n) is 4.50. The van der Waals surface area contributed by atoms with Gasteiger partial charge in [-0.15, -0.1) is 0 Å². The third-order valence-corrected chi connectivity index (χ3v) is 6.07. The summed E-state index contributed by atoms with van der Waals surface area (Å²) in [4.78, 5) is 26.5. The number of Topliss-reactive ketones (excluding diaryl/α,β-unsaturated/α-hetero) is 1. The van der Waals surface area contributed by atoms with Gasteiger partial charge in [0.2, 0.25) is 5.75 Å². The van der Waals surface area contributed by atoms with Gasteiger partial charge in [0.25, 0.3) is 0 Å². The number of carbonyl (C=O) groups is 2. The summed E-state index contributed by atoms with van der Waals surface area (Å²) in [7, 11) is 7.61. The average Bonchev–Trinajstić information content (AvgIpc) is 2.84. The predicted molar refractivity (Wildman–Crippen MR) is 121 cm³/mol. The second-order valence-electron chi connectivity index (χ2n) is 7.66. The Morgan fingerprint density at radius 2 is 1.36 bits per heavy atom. The third kappa shape index (κ3) is 4.17. The van der Waals surface area contributed by atoms with Crippen molar-refractivity contribution < 1.29 is 38.0 Å². The Kier molecular flexibility index (Phi) is 7.36. The number of fused-ring (bicyclic) bond motifs is 1. The number of carbonyl (C=O) groups excluding carboxylic acids is 2. The van der Waals surface area contributed by atoms with E-state index in [9.17, 15) is 9.59 Å². The Morgan fingerprint density at radius 3 is 1.85 bits per heavy atom. The molecule has 0 radical (unpaired) electrons. The van der Waals surface area contributed by atoms with Gasteiger partial charge in [-0.05, 0) is 42.3 Å². The second kappa shape index (κ2) is 10.0. The van der Waals surface area contributed by atoms with E-state index in [0.717, 1.165) is 5.56 Å². The quantitative estimate of drug-likeness (QED) is 0.551. The molecule has 0 heterocycles. The molecule has 0 bridgehead atoms. The minimum Gasteiger partial charge on any atom is -0.493 e. The fraction of sp³-hybridized carbons (Fsp3) is 0.440. The summed E-state index contributed by atoms with van der Waals surface area (Å²) in [5, 5.41) is 0. The van der Waals surface area contributed by atoms with Crippen molar-refractivity contribution in [3.8, 4) is 28.7 Å². The van der Waals surface area contributed by atoms with Crippen molar-refractivity contribution in [1.29, 1.82) is 0 Å². The van der Waals surface area contributed by atoms with Crippen LogP contribution in [-0.4, -0.2) is 53.9 Å². The lowest BCUT2D eigenvalue weighted by Gasteiger charge is -2.36. The molecule has 2 aromatic rings. The smallest absolute Gasteiger partial charge is 0.310 e. The van der Waals surface area contributed by atoms with Gasteiger partial charge >= 0.3 is 5.97 Å². The van der Waals surface area contributed by atoms with Crippen LogP contribution in [0.15, 0.2) is 24.3 Å². The van der Waals surface area contributed by atoms with E-state index in [2.05, 4.69) is 0 Å². The predicted octanol–water partition coefficient (Wildman–Crippen LogP) is 3.87. The molecule has 33 heavy (non-hydrogen) atoms. The van der Waals surface area contributed by atoms with E-state index in [1.165, 1.54) is 35.5 Å². The molecule has 0 saturated heterocycles. The molecule has 0 aromatic heterocycles. The van der Waals surface area contributed by atoms with Crippen LogP contribution in [0.25, 0.3) is 0 Å². The maximum absolute atomic E-state index is 13.4. The van der Waals surface area contributed by atoms with Crippen LogP contribution in [0.2, 0.25) is 0 Å². The number of hydrogen-bond acceptors (Lipinski definition) is 8. The molecule has 3 rings (SSSR count). The minimum atomic E-state index is -0.758. The lowest BCUT2D eigenvalue weighted by molar-refractivity contribution is -0.150. The van der Waals surface area contributed by atoms with Crippen LogP contribution in [0, 0.1) is 11.8 Å². The van der Waals surface area contributed by atoms with Crippen molar-refractivity contribution in [1.82, 2.24) is 0 Å². The van der Waals surface area contributed by atoms with Gasteiger partial charge in [0.05, 0.1) is 48.1 Å². The van der Waals surface area contributed by atoms with Gasteiger partial charge in [-0.2, -0.15) is 0 Å². The summed E-state index contributed by atoms with van der Waals surface area (Å²) in [5.41, 5.74) is 1.83. The van der Waals surface area contributed by atoms with Gasteiger partial charge in [-0.25, -0.2) is 0 Å². The maximum Gasteiger partial charge on any atom is 0.310 e. The van der Waals surface area contributed by atoms with Crippen LogP contribution >= 0.6 is 0 Å². The molecule has 3 atom stereocenters. The lowest BCUT2D eigenvalue weighted by Crippen LogP contribution is -2.39. The van der Waals surface area contributed by atoms with Crippen LogP contribution in [0.4, 0.5) is 0 Å². The topological polar surface area (TPSA) is 89.5 Å². The summed E-state index contributed by atoms with van der Waals surface area (Å²) in [6.07, 6.45) is 0. The monoisotopic (exact) mass is 458 g/mol. The van der Waals surface area contributed by atoms with Gasteiger partial charge < -0.3 is 28.4 Å².